The van der Waals surface area contributed by atoms with Crippen LogP contribution in [0.1, 0.15) is 23.0 Å². The smallest absolute Gasteiger partial charge is 0.354 e. The number of hydrogen-bond acceptors (Lipinski definition) is 2. The lowest BCUT2D eigenvalue weighted by atomic mass is 10.1. The van der Waals surface area contributed by atoms with Crippen LogP contribution >= 0.6 is 0 Å². The monoisotopic (exact) mass is 227 g/mol. The first-order valence-corrected chi connectivity index (χ1v) is 5.50. The van der Waals surface area contributed by atoms with Gasteiger partial charge >= 0.3 is 5.97 Å². The highest BCUT2D eigenvalue weighted by molar-refractivity contribution is 5.86. The lowest BCUT2D eigenvalue weighted by Crippen LogP contribution is -2.04. The van der Waals surface area contributed by atoms with E-state index in [1.165, 1.54) is 17.3 Å². The molecule has 3 heteroatoms. The molecule has 1 N–H and O–H groups in total. The van der Waals surface area contributed by atoms with Gasteiger partial charge in [0.25, 0.3) is 0 Å². The SMILES string of the molecule is CCc1cccnc1C(=O)O.c1cc2cc-2c1. The number of pyridine rings is 1. The maximum absolute atomic E-state index is 10.5. The number of nitrogens with zero attached hydrogens (tertiary/aromatic N) is 1. The van der Waals surface area contributed by atoms with Crippen LogP contribution < -0.4 is 0 Å². The molecule has 0 amide bonds. The number of fused-ring (bicyclic) bond motifs is 1. The van der Waals surface area contributed by atoms with Crippen LogP contribution in [0.15, 0.2) is 42.6 Å². The van der Waals surface area contributed by atoms with E-state index >= 15 is 0 Å². The molecule has 0 saturated carbocycles. The summed E-state index contributed by atoms with van der Waals surface area (Å²) in [7, 11) is 0. The fourth-order valence-electron chi connectivity index (χ4n) is 1.59. The summed E-state index contributed by atoms with van der Waals surface area (Å²) in [5.41, 5.74) is 3.79. The van der Waals surface area contributed by atoms with Crippen molar-refractivity contribution in [1.29, 1.82) is 0 Å². The number of benzene rings is 1. The van der Waals surface area contributed by atoms with Crippen molar-refractivity contribution >= 4 is 5.97 Å². The zero-order valence-electron chi connectivity index (χ0n) is 9.55. The van der Waals surface area contributed by atoms with Crippen molar-refractivity contribution in [3.05, 3.63) is 53.9 Å². The number of hydrogen-bond donors (Lipinski definition) is 1. The Hall–Kier alpha value is -2.16. The van der Waals surface area contributed by atoms with E-state index in [-0.39, 0.29) is 5.69 Å². The van der Waals surface area contributed by atoms with Gasteiger partial charge in [0.15, 0.2) is 5.69 Å². The minimum Gasteiger partial charge on any atom is -0.477 e. The summed E-state index contributed by atoms with van der Waals surface area (Å²) < 4.78 is 0. The molecule has 0 unspecified atom stereocenters. The molecule has 17 heavy (non-hydrogen) atoms. The van der Waals surface area contributed by atoms with Crippen molar-refractivity contribution in [2.45, 2.75) is 13.3 Å². The second kappa shape index (κ2) is 4.78. The number of carboxylic acid groups (broad SMARTS) is 1. The Morgan fingerprint density at radius 3 is 2.29 bits per heavy atom. The van der Waals surface area contributed by atoms with Crippen molar-refractivity contribution in [2.75, 3.05) is 0 Å². The van der Waals surface area contributed by atoms with E-state index in [2.05, 4.69) is 29.2 Å². The molecule has 86 valence electrons. The molecule has 0 radical (unpaired) electrons. The Morgan fingerprint density at radius 1 is 1.24 bits per heavy atom. The van der Waals surface area contributed by atoms with Gasteiger partial charge < -0.3 is 5.11 Å². The summed E-state index contributed by atoms with van der Waals surface area (Å²) in [5.74, 6) is -0.956. The summed E-state index contributed by atoms with van der Waals surface area (Å²) in [6, 6.07) is 12.0. The number of aryl methyl sites for hydroxylation is 1. The molecule has 0 spiro atoms. The summed E-state index contributed by atoms with van der Waals surface area (Å²) in [4.78, 5) is 14.3. The van der Waals surface area contributed by atoms with Gasteiger partial charge in [-0.2, -0.15) is 0 Å². The summed E-state index contributed by atoms with van der Waals surface area (Å²) in [5, 5.41) is 8.63. The van der Waals surface area contributed by atoms with Crippen LogP contribution in [0.4, 0.5) is 0 Å². The molecule has 2 aliphatic rings. The zero-order chi connectivity index (χ0) is 12.3. The predicted molar refractivity (Wildman–Crippen MR) is 66.0 cm³/mol. The van der Waals surface area contributed by atoms with Gasteiger partial charge in [-0.25, -0.2) is 9.78 Å². The summed E-state index contributed by atoms with van der Waals surface area (Å²) in [6.45, 7) is 1.91. The van der Waals surface area contributed by atoms with Crippen molar-refractivity contribution in [3.8, 4) is 11.1 Å². The van der Waals surface area contributed by atoms with Crippen molar-refractivity contribution in [3.63, 3.8) is 0 Å². The highest BCUT2D eigenvalue weighted by Crippen LogP contribution is 2.32. The number of rotatable bonds is 2. The molecule has 0 aromatic carbocycles. The van der Waals surface area contributed by atoms with Gasteiger partial charge in [0.1, 0.15) is 0 Å². The molecule has 2 aliphatic carbocycles. The third-order valence-corrected chi connectivity index (χ3v) is 2.59. The maximum Gasteiger partial charge on any atom is 0.354 e. The van der Waals surface area contributed by atoms with E-state index < -0.39 is 5.97 Å². The van der Waals surface area contributed by atoms with Crippen LogP contribution in [0.5, 0.6) is 0 Å². The van der Waals surface area contributed by atoms with Gasteiger partial charge in [-0.15, -0.1) is 0 Å². The average Bonchev–Trinajstić information content (AvgIpc) is 2.96. The molecule has 3 rings (SSSR count). The Balaban J connectivity index is 0.000000148. The van der Waals surface area contributed by atoms with Crippen LogP contribution in [0.25, 0.3) is 11.1 Å². The minimum atomic E-state index is -0.956. The zero-order valence-corrected chi connectivity index (χ0v) is 9.55. The fourth-order valence-corrected chi connectivity index (χ4v) is 1.59. The van der Waals surface area contributed by atoms with Crippen LogP contribution in [0.3, 0.4) is 0 Å². The fraction of sp³-hybridized carbons (Fsp3) is 0.143. The topological polar surface area (TPSA) is 50.2 Å². The quantitative estimate of drug-likeness (QED) is 0.732. The number of aromatic carboxylic acids is 1. The molecule has 3 nitrogen and oxygen atoms in total. The highest BCUT2D eigenvalue weighted by atomic mass is 16.4. The molecule has 0 aliphatic heterocycles. The molecule has 0 atom stereocenters. The molecule has 0 fully saturated rings. The molecular formula is C14H13NO2. The van der Waals surface area contributed by atoms with E-state index in [1.807, 2.05) is 6.92 Å². The summed E-state index contributed by atoms with van der Waals surface area (Å²) in [6.07, 6.45) is 2.19. The third kappa shape index (κ3) is 2.69. The predicted octanol–water partition coefficient (Wildman–Crippen LogP) is 3.01. The molecule has 1 aromatic rings. The van der Waals surface area contributed by atoms with Gasteiger partial charge in [-0.3, -0.25) is 0 Å². The second-order valence-corrected chi connectivity index (χ2v) is 3.75. The Labute approximate surface area is 99.8 Å². The highest BCUT2D eigenvalue weighted by Gasteiger charge is 2.08. The van der Waals surface area contributed by atoms with Gasteiger partial charge in [-0.1, -0.05) is 31.2 Å². The lowest BCUT2D eigenvalue weighted by molar-refractivity contribution is 0.0689. The number of aromatic nitrogens is 1. The van der Waals surface area contributed by atoms with E-state index in [0.717, 1.165) is 5.56 Å². The van der Waals surface area contributed by atoms with E-state index in [0.29, 0.717) is 6.42 Å². The first-order valence-electron chi connectivity index (χ1n) is 5.50. The molecule has 0 bridgehead atoms. The first-order chi connectivity index (χ1) is 8.22. The molecule has 0 saturated heterocycles. The van der Waals surface area contributed by atoms with Crippen LogP contribution in [0.2, 0.25) is 0 Å². The van der Waals surface area contributed by atoms with Gasteiger partial charge in [0, 0.05) is 6.20 Å². The lowest BCUT2D eigenvalue weighted by Gasteiger charge is -1.99. The Kier molecular flexibility index (Phi) is 3.19. The van der Waals surface area contributed by atoms with Gasteiger partial charge in [0.2, 0.25) is 0 Å². The minimum absolute atomic E-state index is 0.162. The average molecular weight is 227 g/mol. The van der Waals surface area contributed by atoms with Crippen LogP contribution in [0, 0.1) is 0 Å². The number of carbonyl (C=O) groups is 1. The van der Waals surface area contributed by atoms with Crippen molar-refractivity contribution < 1.29 is 9.90 Å². The van der Waals surface area contributed by atoms with Crippen molar-refractivity contribution in [2.24, 2.45) is 0 Å². The van der Waals surface area contributed by atoms with E-state index in [4.69, 9.17) is 5.11 Å². The van der Waals surface area contributed by atoms with E-state index in [9.17, 15) is 4.79 Å². The Morgan fingerprint density at radius 2 is 1.94 bits per heavy atom. The standard InChI is InChI=1S/C8H9NO2.C6H4/c1-2-6-4-3-5-9-7(6)8(10)11;1-2-5-4-6(5)3-1/h3-5H,2H2,1H3,(H,10,11);1-4H. The van der Waals surface area contributed by atoms with Crippen LogP contribution in [-0.2, 0) is 6.42 Å². The molecule has 1 heterocycles. The number of carboxylic acids is 1. The van der Waals surface area contributed by atoms with Crippen LogP contribution in [-0.4, -0.2) is 16.1 Å². The molecular weight excluding hydrogens is 214 g/mol. The largest absolute Gasteiger partial charge is 0.477 e. The summed E-state index contributed by atoms with van der Waals surface area (Å²) >= 11 is 0. The normalized spacial score (nSPS) is 10.2. The van der Waals surface area contributed by atoms with Gasteiger partial charge in [0.05, 0.1) is 0 Å². The first kappa shape index (κ1) is 11.3. The second-order valence-electron chi connectivity index (χ2n) is 3.75. The third-order valence-electron chi connectivity index (χ3n) is 2.59. The van der Waals surface area contributed by atoms with Gasteiger partial charge in [-0.05, 0) is 35.2 Å². The Bertz CT molecular complexity index is 532. The van der Waals surface area contributed by atoms with Crippen molar-refractivity contribution in [1.82, 2.24) is 4.98 Å². The maximum atomic E-state index is 10.5. The molecule has 1 aromatic heterocycles. The van der Waals surface area contributed by atoms with E-state index in [1.54, 1.807) is 12.1 Å².